The fourth-order valence-electron chi connectivity index (χ4n) is 3.46. The van der Waals surface area contributed by atoms with Crippen LogP contribution in [-0.2, 0) is 15.2 Å². The minimum atomic E-state index is -1.95. The summed E-state index contributed by atoms with van der Waals surface area (Å²) in [5.41, 5.74) is -0.404. The molecule has 0 saturated heterocycles. The van der Waals surface area contributed by atoms with Crippen LogP contribution in [0.15, 0.2) is 72.8 Å². The van der Waals surface area contributed by atoms with Crippen LogP contribution >= 0.6 is 11.6 Å². The molecule has 3 aromatic rings. The number of para-hydroxylation sites is 1. The molecule has 3 aromatic carbocycles. The molecule has 1 aliphatic rings. The van der Waals surface area contributed by atoms with Crippen LogP contribution in [0, 0.1) is 5.82 Å². The Morgan fingerprint density at radius 3 is 2.52 bits per heavy atom. The van der Waals surface area contributed by atoms with E-state index in [0.717, 1.165) is 0 Å². The third kappa shape index (κ3) is 3.37. The van der Waals surface area contributed by atoms with E-state index in [0.29, 0.717) is 27.5 Å². The third-order valence-corrected chi connectivity index (χ3v) is 5.05. The summed E-state index contributed by atoms with van der Waals surface area (Å²) < 4.78 is 13.0. The Labute approximate surface area is 171 Å². The number of nitrogens with zero attached hydrogens (tertiary/aromatic N) is 1. The van der Waals surface area contributed by atoms with Gasteiger partial charge in [-0.1, -0.05) is 41.9 Å². The van der Waals surface area contributed by atoms with Gasteiger partial charge in [0.15, 0.2) is 5.60 Å². The maximum atomic E-state index is 13.2. The molecule has 7 heteroatoms. The van der Waals surface area contributed by atoms with Crippen molar-refractivity contribution >= 4 is 34.8 Å². The lowest BCUT2D eigenvalue weighted by atomic mass is 9.87. The van der Waals surface area contributed by atoms with Gasteiger partial charge in [-0.3, -0.25) is 14.5 Å². The van der Waals surface area contributed by atoms with Crippen molar-refractivity contribution in [1.82, 2.24) is 0 Å². The Morgan fingerprint density at radius 1 is 1.07 bits per heavy atom. The van der Waals surface area contributed by atoms with Gasteiger partial charge < -0.3 is 10.4 Å². The number of carbonyl (C=O) groups excluding carboxylic acids is 2. The molecular formula is C22H16ClFN2O3. The first-order chi connectivity index (χ1) is 13.9. The van der Waals surface area contributed by atoms with Crippen molar-refractivity contribution in [2.45, 2.75) is 5.60 Å². The molecule has 0 bridgehead atoms. The second kappa shape index (κ2) is 7.31. The number of anilines is 2. The van der Waals surface area contributed by atoms with Gasteiger partial charge in [0.1, 0.15) is 12.4 Å². The highest BCUT2D eigenvalue weighted by Gasteiger charge is 2.51. The van der Waals surface area contributed by atoms with Crippen LogP contribution in [0.3, 0.4) is 0 Å². The van der Waals surface area contributed by atoms with Crippen molar-refractivity contribution in [2.75, 3.05) is 16.8 Å². The number of carbonyl (C=O) groups is 2. The summed E-state index contributed by atoms with van der Waals surface area (Å²) in [5, 5.41) is 14.4. The van der Waals surface area contributed by atoms with Gasteiger partial charge in [-0.05, 0) is 48.0 Å². The summed E-state index contributed by atoms with van der Waals surface area (Å²) >= 11 is 6.06. The van der Waals surface area contributed by atoms with Crippen molar-refractivity contribution in [3.63, 3.8) is 0 Å². The molecule has 1 unspecified atom stereocenters. The predicted octanol–water partition coefficient (Wildman–Crippen LogP) is 3.70. The number of rotatable bonds is 4. The maximum absolute atomic E-state index is 13.2. The van der Waals surface area contributed by atoms with Crippen molar-refractivity contribution in [1.29, 1.82) is 0 Å². The predicted molar refractivity (Wildman–Crippen MR) is 108 cm³/mol. The van der Waals surface area contributed by atoms with E-state index in [9.17, 15) is 19.1 Å². The molecule has 1 aliphatic heterocycles. The van der Waals surface area contributed by atoms with Gasteiger partial charge in [0.2, 0.25) is 5.91 Å². The van der Waals surface area contributed by atoms with Crippen LogP contribution in [0.4, 0.5) is 15.8 Å². The second-order valence-corrected chi connectivity index (χ2v) is 7.12. The Balaban J connectivity index is 1.66. The minimum Gasteiger partial charge on any atom is -0.372 e. The number of halogens is 2. The molecule has 29 heavy (non-hydrogen) atoms. The van der Waals surface area contributed by atoms with Gasteiger partial charge in [-0.2, -0.15) is 0 Å². The number of amides is 2. The molecule has 5 nitrogen and oxygen atoms in total. The van der Waals surface area contributed by atoms with Gasteiger partial charge in [0, 0.05) is 16.3 Å². The zero-order valence-electron chi connectivity index (χ0n) is 15.1. The van der Waals surface area contributed by atoms with Crippen LogP contribution in [0.5, 0.6) is 0 Å². The SMILES string of the molecule is O=C(CN1C(=O)C(O)(c2cccc(Cl)c2)c2ccccc21)Nc1ccc(F)cc1. The molecule has 0 saturated carbocycles. The van der Waals surface area contributed by atoms with Gasteiger partial charge in [0.05, 0.1) is 5.69 Å². The monoisotopic (exact) mass is 410 g/mol. The first-order valence-corrected chi connectivity index (χ1v) is 9.22. The summed E-state index contributed by atoms with van der Waals surface area (Å²) in [7, 11) is 0. The molecule has 1 heterocycles. The fourth-order valence-corrected chi connectivity index (χ4v) is 3.65. The average molecular weight is 411 g/mol. The summed E-state index contributed by atoms with van der Waals surface area (Å²) in [6.45, 7) is -0.309. The molecule has 0 spiro atoms. The summed E-state index contributed by atoms with van der Waals surface area (Å²) in [4.78, 5) is 27.0. The van der Waals surface area contributed by atoms with Crippen LogP contribution < -0.4 is 10.2 Å². The topological polar surface area (TPSA) is 69.6 Å². The Kier molecular flexibility index (Phi) is 4.82. The number of nitrogens with one attached hydrogen (secondary N) is 1. The Hall–Kier alpha value is -3.22. The van der Waals surface area contributed by atoms with Crippen LogP contribution in [-0.4, -0.2) is 23.5 Å². The molecule has 0 radical (unpaired) electrons. The molecule has 146 valence electrons. The van der Waals surface area contributed by atoms with Gasteiger partial charge in [0.25, 0.3) is 5.91 Å². The molecular weight excluding hydrogens is 395 g/mol. The molecule has 2 amide bonds. The fraction of sp³-hybridized carbons (Fsp3) is 0.0909. The quantitative estimate of drug-likeness (QED) is 0.689. The van der Waals surface area contributed by atoms with E-state index in [-0.39, 0.29) is 6.54 Å². The van der Waals surface area contributed by atoms with Crippen molar-refractivity contribution < 1.29 is 19.1 Å². The molecule has 0 fully saturated rings. The summed E-state index contributed by atoms with van der Waals surface area (Å²) in [6, 6.07) is 18.5. The maximum Gasteiger partial charge on any atom is 0.268 e. The van der Waals surface area contributed by atoms with Crippen LogP contribution in [0.2, 0.25) is 5.02 Å². The average Bonchev–Trinajstić information content (AvgIpc) is 2.93. The molecule has 0 aromatic heterocycles. The third-order valence-electron chi connectivity index (χ3n) is 4.81. The zero-order valence-corrected chi connectivity index (χ0v) is 15.9. The zero-order chi connectivity index (χ0) is 20.6. The number of benzene rings is 3. The second-order valence-electron chi connectivity index (χ2n) is 6.68. The van der Waals surface area contributed by atoms with Crippen molar-refractivity contribution in [3.05, 3.63) is 94.8 Å². The van der Waals surface area contributed by atoms with E-state index >= 15 is 0 Å². The number of aliphatic hydroxyl groups is 1. The lowest BCUT2D eigenvalue weighted by molar-refractivity contribution is -0.133. The molecule has 0 aliphatic carbocycles. The van der Waals surface area contributed by atoms with E-state index < -0.39 is 23.2 Å². The lowest BCUT2D eigenvalue weighted by Gasteiger charge is -2.23. The van der Waals surface area contributed by atoms with Crippen LogP contribution in [0.25, 0.3) is 0 Å². The minimum absolute atomic E-state index is 0.309. The van der Waals surface area contributed by atoms with Gasteiger partial charge in [-0.25, -0.2) is 4.39 Å². The Morgan fingerprint density at radius 2 is 1.79 bits per heavy atom. The smallest absolute Gasteiger partial charge is 0.268 e. The Bertz CT molecular complexity index is 1100. The first-order valence-electron chi connectivity index (χ1n) is 8.85. The largest absolute Gasteiger partial charge is 0.372 e. The molecule has 2 N–H and O–H groups in total. The van der Waals surface area contributed by atoms with E-state index in [4.69, 9.17) is 11.6 Å². The number of hydrogen-bond donors (Lipinski definition) is 2. The first kappa shape index (κ1) is 19.1. The highest BCUT2D eigenvalue weighted by atomic mass is 35.5. The number of fused-ring (bicyclic) bond motifs is 1. The summed E-state index contributed by atoms with van der Waals surface area (Å²) in [5.74, 6) is -1.54. The van der Waals surface area contributed by atoms with Gasteiger partial charge >= 0.3 is 0 Å². The van der Waals surface area contributed by atoms with E-state index in [1.165, 1.54) is 35.2 Å². The van der Waals surface area contributed by atoms with Gasteiger partial charge in [-0.15, -0.1) is 0 Å². The number of hydrogen-bond acceptors (Lipinski definition) is 3. The van der Waals surface area contributed by atoms with E-state index in [1.54, 1.807) is 42.5 Å². The van der Waals surface area contributed by atoms with E-state index in [2.05, 4.69) is 5.32 Å². The highest BCUT2D eigenvalue weighted by molar-refractivity contribution is 6.30. The highest BCUT2D eigenvalue weighted by Crippen LogP contribution is 2.44. The molecule has 4 rings (SSSR count). The summed E-state index contributed by atoms with van der Waals surface area (Å²) in [6.07, 6.45) is 0. The normalized spacial score (nSPS) is 17.9. The van der Waals surface area contributed by atoms with Crippen LogP contribution in [0.1, 0.15) is 11.1 Å². The van der Waals surface area contributed by atoms with E-state index in [1.807, 2.05) is 0 Å². The van der Waals surface area contributed by atoms with Crippen molar-refractivity contribution in [3.8, 4) is 0 Å². The van der Waals surface area contributed by atoms with Crippen molar-refractivity contribution in [2.24, 2.45) is 0 Å². The lowest BCUT2D eigenvalue weighted by Crippen LogP contribution is -2.44. The molecule has 1 atom stereocenters. The standard InChI is InChI=1S/C22H16ClFN2O3/c23-15-5-3-4-14(12-15)22(29)18-6-1-2-7-19(18)26(21(22)28)13-20(27)25-17-10-8-16(24)9-11-17/h1-12,29H,13H2,(H,25,27).